The second-order valence-electron chi connectivity index (χ2n) is 9.11. The van der Waals surface area contributed by atoms with E-state index in [2.05, 4.69) is 9.71 Å². The van der Waals surface area contributed by atoms with E-state index in [1.807, 2.05) is 46.2 Å². The Bertz CT molecular complexity index is 1220. The Morgan fingerprint density at radius 3 is 2.38 bits per heavy atom. The van der Waals surface area contributed by atoms with Crippen molar-refractivity contribution in [1.82, 2.24) is 15.1 Å². The Morgan fingerprint density at radius 2 is 1.62 bits per heavy atom. The lowest BCUT2D eigenvalue weighted by Gasteiger charge is -2.36. The first kappa shape index (κ1) is 22.6. The largest absolute Gasteiger partial charge is 0.355 e. The summed E-state index contributed by atoms with van der Waals surface area (Å²) in [7, 11) is -3.65. The van der Waals surface area contributed by atoms with Gasteiger partial charge in [0.25, 0.3) is 15.9 Å². The number of likely N-dealkylation sites (tertiary alicyclic amines) is 2. The summed E-state index contributed by atoms with van der Waals surface area (Å²) in [6.45, 7) is 2.36. The number of nitrogens with zero attached hydrogens (tertiary/aromatic N) is 3. The zero-order valence-electron chi connectivity index (χ0n) is 18.9. The summed E-state index contributed by atoms with van der Waals surface area (Å²) in [5.74, 6) is 0.364. The molecule has 2 amide bonds. The van der Waals surface area contributed by atoms with Crippen LogP contribution < -0.4 is 5.32 Å². The third-order valence-corrected chi connectivity index (χ3v) is 8.18. The monoisotopic (exact) mass is 480 g/mol. The highest BCUT2D eigenvalue weighted by Gasteiger charge is 2.35. The summed E-state index contributed by atoms with van der Waals surface area (Å²) in [5, 5.41) is 3.16. The van der Waals surface area contributed by atoms with E-state index in [4.69, 9.17) is 0 Å². The van der Waals surface area contributed by atoms with Gasteiger partial charge in [-0.05, 0) is 49.9 Å². The Balaban J connectivity index is 1.17. The van der Waals surface area contributed by atoms with Crippen LogP contribution in [0.1, 0.15) is 41.6 Å². The number of sulfonamides is 1. The number of hydrogen-bond donors (Lipinski definition) is 1. The van der Waals surface area contributed by atoms with Crippen LogP contribution in [0.3, 0.4) is 0 Å². The smallest absolute Gasteiger partial charge is 0.285 e. The van der Waals surface area contributed by atoms with Crippen LogP contribution in [0, 0.1) is 5.92 Å². The highest BCUT2D eigenvalue weighted by Crippen LogP contribution is 2.29. The minimum Gasteiger partial charge on any atom is -0.355 e. The fourth-order valence-corrected chi connectivity index (χ4v) is 6.26. The van der Waals surface area contributed by atoms with E-state index < -0.39 is 10.0 Å². The fraction of sp³-hybridized carbons (Fsp3) is 0.400. The Kier molecular flexibility index (Phi) is 6.12. The molecule has 5 rings (SSSR count). The van der Waals surface area contributed by atoms with Crippen molar-refractivity contribution in [3.05, 3.63) is 65.7 Å². The van der Waals surface area contributed by atoms with Crippen molar-refractivity contribution in [2.75, 3.05) is 26.2 Å². The summed E-state index contributed by atoms with van der Waals surface area (Å²) >= 11 is 0. The molecule has 1 unspecified atom stereocenters. The molecule has 0 aliphatic carbocycles. The van der Waals surface area contributed by atoms with Crippen LogP contribution in [0.5, 0.6) is 0 Å². The van der Waals surface area contributed by atoms with Gasteiger partial charge in [0, 0.05) is 49.3 Å². The molecule has 2 aromatic carbocycles. The van der Waals surface area contributed by atoms with E-state index in [1.165, 1.54) is 0 Å². The van der Waals surface area contributed by atoms with Gasteiger partial charge >= 0.3 is 0 Å². The van der Waals surface area contributed by atoms with Crippen molar-refractivity contribution in [3.63, 3.8) is 0 Å². The average molecular weight is 481 g/mol. The van der Waals surface area contributed by atoms with Gasteiger partial charge in [-0.15, -0.1) is 4.40 Å². The summed E-state index contributed by atoms with van der Waals surface area (Å²) < 4.78 is 28.7. The van der Waals surface area contributed by atoms with Crippen molar-refractivity contribution in [1.29, 1.82) is 0 Å². The summed E-state index contributed by atoms with van der Waals surface area (Å²) in [5.41, 5.74) is 1.30. The molecule has 1 atom stereocenters. The lowest BCUT2D eigenvalue weighted by Crippen LogP contribution is -2.52. The molecular formula is C25H28N4O4S. The molecule has 0 aromatic heterocycles. The number of amidine groups is 1. The number of nitrogens with one attached hydrogen (secondary N) is 1. The van der Waals surface area contributed by atoms with Crippen molar-refractivity contribution in [2.24, 2.45) is 10.3 Å². The molecule has 178 valence electrons. The highest BCUT2D eigenvalue weighted by atomic mass is 32.2. The zero-order chi connectivity index (χ0) is 23.7. The van der Waals surface area contributed by atoms with Crippen molar-refractivity contribution < 1.29 is 18.0 Å². The molecule has 8 nitrogen and oxygen atoms in total. The first-order chi connectivity index (χ1) is 16.4. The van der Waals surface area contributed by atoms with Gasteiger partial charge in [0.15, 0.2) is 5.84 Å². The van der Waals surface area contributed by atoms with Crippen molar-refractivity contribution >= 4 is 27.7 Å². The van der Waals surface area contributed by atoms with Crippen LogP contribution in [0.2, 0.25) is 0 Å². The number of rotatable bonds is 3. The molecule has 0 radical (unpaired) electrons. The SMILES string of the molecule is O=C(NC1CCCN(C(=O)c2ccccc2)C1)C1CCN(C2=NS(=O)(=O)c3ccccc32)CC1. The molecule has 3 aliphatic rings. The maximum atomic E-state index is 13.0. The van der Waals surface area contributed by atoms with Crippen LogP contribution >= 0.6 is 0 Å². The predicted molar refractivity (Wildman–Crippen MR) is 128 cm³/mol. The standard InChI is InChI=1S/C25H28N4O4S/c30-24(26-20-9-6-14-29(17-20)25(31)19-7-2-1-3-8-19)18-12-15-28(16-13-18)23-21-10-4-5-11-22(21)34(32,33)27-23/h1-5,7-8,10-11,18,20H,6,9,12-17H2,(H,26,30). The normalized spacial score (nSPS) is 22.1. The number of carbonyl (C=O) groups excluding carboxylic acids is 2. The molecule has 2 aromatic rings. The summed E-state index contributed by atoms with van der Waals surface area (Å²) in [4.78, 5) is 29.8. The van der Waals surface area contributed by atoms with E-state index in [0.717, 1.165) is 12.8 Å². The minimum absolute atomic E-state index is 0.000397. The maximum absolute atomic E-state index is 13.0. The molecule has 3 aliphatic heterocycles. The minimum atomic E-state index is -3.65. The van der Waals surface area contributed by atoms with Gasteiger partial charge in [0.1, 0.15) is 4.90 Å². The van der Waals surface area contributed by atoms with Gasteiger partial charge < -0.3 is 15.1 Å². The van der Waals surface area contributed by atoms with E-state index in [0.29, 0.717) is 56.0 Å². The molecule has 0 saturated carbocycles. The number of amides is 2. The topological polar surface area (TPSA) is 99.2 Å². The van der Waals surface area contributed by atoms with Crippen LogP contribution in [0.25, 0.3) is 0 Å². The van der Waals surface area contributed by atoms with Crippen LogP contribution in [-0.4, -0.2) is 68.1 Å². The Morgan fingerprint density at radius 1 is 0.912 bits per heavy atom. The van der Waals surface area contributed by atoms with Gasteiger partial charge in [-0.1, -0.05) is 30.3 Å². The first-order valence-electron chi connectivity index (χ1n) is 11.8. The molecule has 0 bridgehead atoms. The van der Waals surface area contributed by atoms with Crippen LogP contribution in [0.15, 0.2) is 63.9 Å². The number of benzene rings is 2. The Labute approximate surface area is 199 Å². The third kappa shape index (κ3) is 4.44. The van der Waals surface area contributed by atoms with Gasteiger partial charge in [0.05, 0.1) is 0 Å². The molecular weight excluding hydrogens is 452 g/mol. The molecule has 3 heterocycles. The zero-order valence-corrected chi connectivity index (χ0v) is 19.7. The van der Waals surface area contributed by atoms with Gasteiger partial charge in [0.2, 0.25) is 5.91 Å². The maximum Gasteiger partial charge on any atom is 0.285 e. The molecule has 9 heteroatoms. The quantitative estimate of drug-likeness (QED) is 0.727. The lowest BCUT2D eigenvalue weighted by molar-refractivity contribution is -0.127. The number of carbonyl (C=O) groups is 2. The van der Waals surface area contributed by atoms with E-state index in [9.17, 15) is 18.0 Å². The van der Waals surface area contributed by atoms with E-state index in [1.54, 1.807) is 18.2 Å². The average Bonchev–Trinajstić information content (AvgIpc) is 3.15. The Hall–Kier alpha value is -3.20. The van der Waals surface area contributed by atoms with Gasteiger partial charge in [-0.3, -0.25) is 9.59 Å². The van der Waals surface area contributed by atoms with Gasteiger partial charge in [-0.2, -0.15) is 8.42 Å². The van der Waals surface area contributed by atoms with E-state index in [-0.39, 0.29) is 28.7 Å². The first-order valence-corrected chi connectivity index (χ1v) is 13.2. The predicted octanol–water partition coefficient (Wildman–Crippen LogP) is 2.27. The lowest BCUT2D eigenvalue weighted by atomic mass is 9.94. The van der Waals surface area contributed by atoms with Crippen LogP contribution in [0.4, 0.5) is 0 Å². The molecule has 34 heavy (non-hydrogen) atoms. The second kappa shape index (κ2) is 9.21. The molecule has 2 saturated heterocycles. The van der Waals surface area contributed by atoms with Gasteiger partial charge in [-0.25, -0.2) is 0 Å². The number of fused-ring (bicyclic) bond motifs is 1. The van der Waals surface area contributed by atoms with Crippen LogP contribution in [-0.2, 0) is 14.8 Å². The molecule has 1 N–H and O–H groups in total. The third-order valence-electron chi connectivity index (χ3n) is 6.85. The second-order valence-corrected chi connectivity index (χ2v) is 10.7. The van der Waals surface area contributed by atoms with Crippen molar-refractivity contribution in [2.45, 2.75) is 36.6 Å². The van der Waals surface area contributed by atoms with Crippen molar-refractivity contribution in [3.8, 4) is 0 Å². The highest BCUT2D eigenvalue weighted by molar-refractivity contribution is 7.90. The summed E-state index contributed by atoms with van der Waals surface area (Å²) in [6, 6.07) is 16.0. The number of piperidine rings is 2. The van der Waals surface area contributed by atoms with E-state index >= 15 is 0 Å². The fourth-order valence-electron chi connectivity index (χ4n) is 5.03. The molecule has 0 spiro atoms. The molecule has 2 fully saturated rings. The number of hydrogen-bond acceptors (Lipinski definition) is 5. The summed E-state index contributed by atoms with van der Waals surface area (Å²) in [6.07, 6.45) is 2.98.